The van der Waals surface area contributed by atoms with Crippen molar-refractivity contribution >= 4 is 11.8 Å². The van der Waals surface area contributed by atoms with E-state index in [1.54, 1.807) is 0 Å². The smallest absolute Gasteiger partial charge is 0.268 e. The van der Waals surface area contributed by atoms with Gasteiger partial charge in [-0.1, -0.05) is 13.2 Å². The monoisotopic (exact) mass is 279 g/mol. The molecule has 0 bridgehead atoms. The van der Waals surface area contributed by atoms with E-state index in [0.717, 1.165) is 7.05 Å². The van der Waals surface area contributed by atoms with Crippen molar-refractivity contribution in [3.8, 4) is 0 Å². The van der Waals surface area contributed by atoms with Crippen LogP contribution in [0, 0.1) is 0 Å². The van der Waals surface area contributed by atoms with Crippen LogP contribution in [0.3, 0.4) is 0 Å². The third-order valence-corrected chi connectivity index (χ3v) is 2.48. The molecule has 1 rings (SSSR count). The topological polar surface area (TPSA) is 100 Å². The Kier molecular flexibility index (Phi) is 3.88. The largest absolute Gasteiger partial charge is 0.350 e. The van der Waals surface area contributed by atoms with Gasteiger partial charge in [-0.05, 0) is 13.8 Å². The summed E-state index contributed by atoms with van der Waals surface area (Å²) < 4.78 is 0.859. The Balaban J connectivity index is 3.98. The Morgan fingerprint density at radius 2 is 1.10 bits per heavy atom. The van der Waals surface area contributed by atoms with Crippen LogP contribution in [-0.4, -0.2) is 25.5 Å². The van der Waals surface area contributed by atoms with Gasteiger partial charge < -0.3 is 0 Å². The number of allylic oxidation sites excluding steroid dienone is 2. The molecule has 0 N–H and O–H groups in total. The second-order valence-electron chi connectivity index (χ2n) is 4.25. The highest BCUT2D eigenvalue weighted by Gasteiger charge is 2.22. The standard InChI is InChI=1S/C12H13N3O5/c1-6(2)8(16)14-10(18)13(5)11(19)15(12(14)20)9(17)7(3)4/h1,3H2,2,4-5H3. The molecule has 0 saturated heterocycles. The van der Waals surface area contributed by atoms with Gasteiger partial charge in [-0.3, -0.25) is 9.59 Å². The molecule has 8 nitrogen and oxygen atoms in total. The van der Waals surface area contributed by atoms with Crippen molar-refractivity contribution < 1.29 is 9.59 Å². The Labute approximate surface area is 112 Å². The first-order chi connectivity index (χ1) is 9.11. The van der Waals surface area contributed by atoms with Gasteiger partial charge in [-0.15, -0.1) is 0 Å². The van der Waals surface area contributed by atoms with Crippen LogP contribution in [-0.2, 0) is 7.05 Å². The van der Waals surface area contributed by atoms with E-state index in [9.17, 15) is 24.0 Å². The number of rotatable bonds is 2. The first-order valence-corrected chi connectivity index (χ1v) is 5.46. The minimum absolute atomic E-state index is 0.0860. The molecule has 0 unspecified atom stereocenters. The van der Waals surface area contributed by atoms with E-state index in [2.05, 4.69) is 13.2 Å². The summed E-state index contributed by atoms with van der Waals surface area (Å²) in [7, 11) is 1.05. The van der Waals surface area contributed by atoms with E-state index in [1.807, 2.05) is 0 Å². The zero-order valence-electron chi connectivity index (χ0n) is 11.3. The van der Waals surface area contributed by atoms with Gasteiger partial charge in [-0.25, -0.2) is 19.0 Å². The van der Waals surface area contributed by atoms with Gasteiger partial charge in [0.1, 0.15) is 0 Å². The molecule has 1 aromatic heterocycles. The lowest BCUT2D eigenvalue weighted by Crippen LogP contribution is -2.57. The van der Waals surface area contributed by atoms with Gasteiger partial charge in [0.25, 0.3) is 11.8 Å². The molecule has 0 fully saturated rings. The van der Waals surface area contributed by atoms with Crippen molar-refractivity contribution in [2.45, 2.75) is 13.8 Å². The van der Waals surface area contributed by atoms with Crippen LogP contribution in [0.4, 0.5) is 0 Å². The number of carbonyl (C=O) groups excluding carboxylic acids is 2. The number of hydrogen-bond acceptors (Lipinski definition) is 5. The Morgan fingerprint density at radius 3 is 1.35 bits per heavy atom. The first kappa shape index (κ1) is 15.3. The molecule has 0 spiro atoms. The summed E-state index contributed by atoms with van der Waals surface area (Å²) >= 11 is 0. The highest BCUT2D eigenvalue weighted by Crippen LogP contribution is 1.92. The summed E-state index contributed by atoms with van der Waals surface area (Å²) in [6.07, 6.45) is 0. The summed E-state index contributed by atoms with van der Waals surface area (Å²) in [5.41, 5.74) is -3.79. The molecular weight excluding hydrogens is 266 g/mol. The fourth-order valence-corrected chi connectivity index (χ4v) is 1.37. The molecule has 1 aromatic rings. The van der Waals surface area contributed by atoms with Crippen LogP contribution < -0.4 is 17.1 Å². The van der Waals surface area contributed by atoms with E-state index in [4.69, 9.17) is 0 Å². The van der Waals surface area contributed by atoms with Crippen LogP contribution >= 0.6 is 0 Å². The molecule has 8 heteroatoms. The summed E-state index contributed by atoms with van der Waals surface area (Å²) in [5, 5.41) is 0. The van der Waals surface area contributed by atoms with Gasteiger partial charge in [0, 0.05) is 18.2 Å². The Bertz CT molecular complexity index is 755. The predicted molar refractivity (Wildman–Crippen MR) is 71.1 cm³/mol. The third-order valence-electron chi connectivity index (χ3n) is 2.48. The van der Waals surface area contributed by atoms with Crippen molar-refractivity contribution in [3.05, 3.63) is 55.8 Å². The van der Waals surface area contributed by atoms with Gasteiger partial charge in [0.15, 0.2) is 0 Å². The summed E-state index contributed by atoms with van der Waals surface area (Å²) in [6.45, 7) is 9.25. The Morgan fingerprint density at radius 1 is 0.800 bits per heavy atom. The third kappa shape index (κ3) is 2.22. The average molecular weight is 279 g/mol. The number of aromatic nitrogens is 3. The van der Waals surface area contributed by atoms with Crippen molar-refractivity contribution in [2.24, 2.45) is 7.05 Å². The van der Waals surface area contributed by atoms with Crippen LogP contribution in [0.2, 0.25) is 0 Å². The van der Waals surface area contributed by atoms with Crippen LogP contribution in [0.15, 0.2) is 38.7 Å². The summed E-state index contributed by atoms with van der Waals surface area (Å²) in [5.74, 6) is -1.97. The van der Waals surface area contributed by atoms with E-state index in [1.165, 1.54) is 13.8 Å². The normalized spacial score (nSPS) is 10.2. The lowest BCUT2D eigenvalue weighted by molar-refractivity contribution is 0.0915. The highest BCUT2D eigenvalue weighted by molar-refractivity contribution is 5.96. The van der Waals surface area contributed by atoms with Gasteiger partial charge >= 0.3 is 17.1 Å². The predicted octanol–water partition coefficient (Wildman–Crippen LogP) is -0.859. The molecule has 0 aromatic carbocycles. The maximum absolute atomic E-state index is 12.0. The van der Waals surface area contributed by atoms with E-state index < -0.39 is 28.9 Å². The minimum atomic E-state index is -1.33. The van der Waals surface area contributed by atoms with Crippen LogP contribution in [0.25, 0.3) is 0 Å². The maximum atomic E-state index is 12.0. The van der Waals surface area contributed by atoms with Gasteiger partial charge in [0.2, 0.25) is 0 Å². The SMILES string of the molecule is C=C(C)C(=O)n1c(=O)n(C)c(=O)n(C(=O)C(=C)C)c1=O. The molecule has 0 aliphatic rings. The second-order valence-corrected chi connectivity index (χ2v) is 4.25. The first-order valence-electron chi connectivity index (χ1n) is 5.46. The summed E-state index contributed by atoms with van der Waals surface area (Å²) in [6, 6.07) is 0. The molecule has 1 heterocycles. The molecule has 0 amide bonds. The quantitative estimate of drug-likeness (QED) is 0.656. The minimum Gasteiger partial charge on any atom is -0.268 e. The van der Waals surface area contributed by atoms with Gasteiger partial charge in [-0.2, -0.15) is 9.13 Å². The maximum Gasteiger partial charge on any atom is 0.350 e. The van der Waals surface area contributed by atoms with Crippen molar-refractivity contribution in [1.82, 2.24) is 13.7 Å². The molecule has 0 radical (unpaired) electrons. The average Bonchev–Trinajstić information content (AvgIpc) is 2.35. The lowest BCUT2D eigenvalue weighted by Gasteiger charge is -2.09. The van der Waals surface area contributed by atoms with E-state index in [-0.39, 0.29) is 20.3 Å². The van der Waals surface area contributed by atoms with Crippen molar-refractivity contribution in [1.29, 1.82) is 0 Å². The number of nitrogens with zero attached hydrogens (tertiary/aromatic N) is 3. The molecule has 0 atom stereocenters. The highest BCUT2D eigenvalue weighted by atomic mass is 16.2. The zero-order chi connectivity index (χ0) is 15.8. The molecule has 106 valence electrons. The van der Waals surface area contributed by atoms with Crippen LogP contribution in [0.5, 0.6) is 0 Å². The Hall–Kier alpha value is -2.77. The number of carbonyl (C=O) groups is 2. The summed E-state index contributed by atoms with van der Waals surface area (Å²) in [4.78, 5) is 59.3. The fourth-order valence-electron chi connectivity index (χ4n) is 1.37. The molecule has 0 aliphatic carbocycles. The van der Waals surface area contributed by atoms with E-state index in [0.29, 0.717) is 4.57 Å². The number of hydrogen-bond donors (Lipinski definition) is 0. The van der Waals surface area contributed by atoms with Crippen molar-refractivity contribution in [3.63, 3.8) is 0 Å². The lowest BCUT2D eigenvalue weighted by atomic mass is 10.3. The fraction of sp³-hybridized carbons (Fsp3) is 0.250. The van der Waals surface area contributed by atoms with E-state index >= 15 is 0 Å². The van der Waals surface area contributed by atoms with Crippen LogP contribution in [0.1, 0.15) is 23.4 Å². The molecule has 0 aliphatic heterocycles. The molecular formula is C12H13N3O5. The molecule has 20 heavy (non-hydrogen) atoms. The second kappa shape index (κ2) is 5.08. The molecule has 0 saturated carbocycles. The van der Waals surface area contributed by atoms with Gasteiger partial charge in [0.05, 0.1) is 0 Å². The zero-order valence-corrected chi connectivity index (χ0v) is 11.3. The van der Waals surface area contributed by atoms with Crippen molar-refractivity contribution in [2.75, 3.05) is 0 Å².